The van der Waals surface area contributed by atoms with Crippen LogP contribution in [0.4, 0.5) is 5.69 Å². The Morgan fingerprint density at radius 3 is 1.90 bits per heavy atom. The summed E-state index contributed by atoms with van der Waals surface area (Å²) in [5, 5.41) is 20.2. The van der Waals surface area contributed by atoms with Crippen molar-refractivity contribution in [2.75, 3.05) is 5.32 Å². The molecule has 0 radical (unpaired) electrons. The van der Waals surface area contributed by atoms with Gasteiger partial charge in [-0.15, -0.1) is 0 Å². The molecule has 0 aliphatic rings. The third-order valence-corrected chi connectivity index (χ3v) is 2.89. The number of allylic oxidation sites excluding steroid dienone is 1. The van der Waals surface area contributed by atoms with Gasteiger partial charge in [0.1, 0.15) is 17.7 Å². The van der Waals surface area contributed by atoms with E-state index in [1.807, 2.05) is 24.3 Å². The highest BCUT2D eigenvalue weighted by Gasteiger charge is 1.98. The summed E-state index contributed by atoms with van der Waals surface area (Å²) in [7, 11) is 0. The van der Waals surface area contributed by atoms with Crippen LogP contribution < -0.4 is 5.32 Å². The fourth-order valence-corrected chi connectivity index (χ4v) is 1.75. The van der Waals surface area contributed by atoms with Gasteiger partial charge in [0.05, 0.1) is 0 Å². The topological polar surface area (TPSA) is 59.6 Å². The van der Waals surface area contributed by atoms with Crippen LogP contribution in [0.15, 0.2) is 60.3 Å². The highest BCUT2D eigenvalue weighted by atomic mass is 14.8. The molecule has 0 bridgehead atoms. The van der Waals surface area contributed by atoms with Crippen LogP contribution in [0.25, 0.3) is 11.1 Å². The standard InChI is InChI=1S/C17H13N3/c1-13-2-4-15(5-3-13)16-6-8-17(9-7-16)20-12-14(10-18)11-19/h2-9,12,20H,1H3. The fraction of sp³-hybridized carbons (Fsp3) is 0.0588. The number of anilines is 1. The minimum atomic E-state index is 0.0487. The first-order valence-corrected chi connectivity index (χ1v) is 6.17. The predicted octanol–water partition coefficient (Wildman–Crippen LogP) is 4.00. The van der Waals surface area contributed by atoms with Crippen LogP contribution in [0.1, 0.15) is 5.56 Å². The molecule has 2 rings (SSSR count). The van der Waals surface area contributed by atoms with Crippen LogP contribution in [0.3, 0.4) is 0 Å². The van der Waals surface area contributed by atoms with Gasteiger partial charge in [0.15, 0.2) is 0 Å². The molecule has 1 N–H and O–H groups in total. The maximum atomic E-state index is 8.64. The molecule has 2 aromatic carbocycles. The smallest absolute Gasteiger partial charge is 0.145 e. The van der Waals surface area contributed by atoms with Crippen LogP contribution in [0.5, 0.6) is 0 Å². The van der Waals surface area contributed by atoms with Gasteiger partial charge in [0.25, 0.3) is 0 Å². The minimum Gasteiger partial charge on any atom is -0.360 e. The van der Waals surface area contributed by atoms with Crippen LogP contribution in [-0.2, 0) is 0 Å². The van der Waals surface area contributed by atoms with E-state index >= 15 is 0 Å². The van der Waals surface area contributed by atoms with Crippen molar-refractivity contribution in [1.82, 2.24) is 0 Å². The zero-order valence-electron chi connectivity index (χ0n) is 11.1. The number of rotatable bonds is 3. The third kappa shape index (κ3) is 3.25. The summed E-state index contributed by atoms with van der Waals surface area (Å²) in [6, 6.07) is 19.8. The van der Waals surface area contributed by atoms with E-state index in [4.69, 9.17) is 10.5 Å². The second kappa shape index (κ2) is 6.22. The summed E-state index contributed by atoms with van der Waals surface area (Å²) in [6.45, 7) is 2.06. The zero-order valence-corrected chi connectivity index (χ0v) is 11.1. The summed E-state index contributed by atoms with van der Waals surface area (Å²) in [4.78, 5) is 0. The SMILES string of the molecule is Cc1ccc(-c2ccc(NC=C(C#N)C#N)cc2)cc1. The normalized spacial score (nSPS) is 9.15. The first kappa shape index (κ1) is 13.4. The largest absolute Gasteiger partial charge is 0.360 e. The Hall–Kier alpha value is -3.04. The van der Waals surface area contributed by atoms with E-state index in [9.17, 15) is 0 Å². The quantitative estimate of drug-likeness (QED) is 0.847. The molecule has 0 unspecified atom stereocenters. The number of benzene rings is 2. The van der Waals surface area contributed by atoms with Crippen molar-refractivity contribution in [2.24, 2.45) is 0 Å². The van der Waals surface area contributed by atoms with E-state index in [-0.39, 0.29) is 5.57 Å². The van der Waals surface area contributed by atoms with Gasteiger partial charge in [-0.1, -0.05) is 42.0 Å². The lowest BCUT2D eigenvalue weighted by Gasteiger charge is -2.05. The second-order valence-electron chi connectivity index (χ2n) is 4.37. The van der Waals surface area contributed by atoms with E-state index in [0.717, 1.165) is 16.8 Å². The van der Waals surface area contributed by atoms with Crippen LogP contribution in [0.2, 0.25) is 0 Å². The van der Waals surface area contributed by atoms with Crippen molar-refractivity contribution in [1.29, 1.82) is 10.5 Å². The molecule has 0 saturated carbocycles. The van der Waals surface area contributed by atoms with Gasteiger partial charge in [-0.25, -0.2) is 0 Å². The molecule has 0 amide bonds. The van der Waals surface area contributed by atoms with Crippen LogP contribution in [-0.4, -0.2) is 0 Å². The van der Waals surface area contributed by atoms with E-state index in [0.29, 0.717) is 0 Å². The van der Waals surface area contributed by atoms with E-state index < -0.39 is 0 Å². The molecule has 0 aliphatic heterocycles. The summed E-state index contributed by atoms with van der Waals surface area (Å²) in [5.41, 5.74) is 4.40. The van der Waals surface area contributed by atoms with Gasteiger partial charge in [-0.2, -0.15) is 10.5 Å². The average molecular weight is 259 g/mol. The van der Waals surface area contributed by atoms with Crippen molar-refractivity contribution in [2.45, 2.75) is 6.92 Å². The van der Waals surface area contributed by atoms with Crippen LogP contribution in [0, 0.1) is 29.6 Å². The van der Waals surface area contributed by atoms with E-state index in [1.54, 1.807) is 12.1 Å². The lowest BCUT2D eigenvalue weighted by atomic mass is 10.0. The average Bonchev–Trinajstić information content (AvgIpc) is 2.50. The molecule has 0 aliphatic carbocycles. The van der Waals surface area contributed by atoms with E-state index in [1.165, 1.54) is 11.8 Å². The molecule has 0 atom stereocenters. The molecule has 96 valence electrons. The van der Waals surface area contributed by atoms with Gasteiger partial charge < -0.3 is 5.32 Å². The summed E-state index contributed by atoms with van der Waals surface area (Å²) < 4.78 is 0. The minimum absolute atomic E-state index is 0.0487. The molecule has 0 heterocycles. The Labute approximate surface area is 118 Å². The van der Waals surface area contributed by atoms with Gasteiger partial charge in [0, 0.05) is 11.9 Å². The van der Waals surface area contributed by atoms with Crippen molar-refractivity contribution < 1.29 is 0 Å². The Bertz CT molecular complexity index is 680. The number of hydrogen-bond acceptors (Lipinski definition) is 3. The Balaban J connectivity index is 2.15. The Morgan fingerprint density at radius 2 is 1.40 bits per heavy atom. The maximum Gasteiger partial charge on any atom is 0.145 e. The molecule has 2 aromatic rings. The predicted molar refractivity (Wildman–Crippen MR) is 79.5 cm³/mol. The molecular formula is C17H13N3. The molecule has 0 aromatic heterocycles. The van der Waals surface area contributed by atoms with Gasteiger partial charge in [0.2, 0.25) is 0 Å². The van der Waals surface area contributed by atoms with Gasteiger partial charge in [-0.3, -0.25) is 0 Å². The fourth-order valence-electron chi connectivity index (χ4n) is 1.75. The molecular weight excluding hydrogens is 246 g/mol. The van der Waals surface area contributed by atoms with Gasteiger partial charge >= 0.3 is 0 Å². The first-order chi connectivity index (χ1) is 9.72. The molecule has 3 heteroatoms. The second-order valence-corrected chi connectivity index (χ2v) is 4.37. The highest BCUT2D eigenvalue weighted by Crippen LogP contribution is 2.21. The number of aryl methyl sites for hydroxylation is 1. The first-order valence-electron chi connectivity index (χ1n) is 6.17. The highest BCUT2D eigenvalue weighted by molar-refractivity contribution is 5.66. The Morgan fingerprint density at radius 1 is 0.900 bits per heavy atom. The van der Waals surface area contributed by atoms with Crippen LogP contribution >= 0.6 is 0 Å². The molecule has 0 fully saturated rings. The Kier molecular flexibility index (Phi) is 4.17. The summed E-state index contributed by atoms with van der Waals surface area (Å²) in [6.07, 6.45) is 1.40. The van der Waals surface area contributed by atoms with Crippen molar-refractivity contribution in [3.63, 3.8) is 0 Å². The van der Waals surface area contributed by atoms with Crippen molar-refractivity contribution in [3.8, 4) is 23.3 Å². The van der Waals surface area contributed by atoms with Gasteiger partial charge in [-0.05, 0) is 30.2 Å². The summed E-state index contributed by atoms with van der Waals surface area (Å²) >= 11 is 0. The monoisotopic (exact) mass is 259 g/mol. The lowest BCUT2D eigenvalue weighted by Crippen LogP contribution is -1.89. The number of nitrogens with zero attached hydrogens (tertiary/aromatic N) is 2. The molecule has 0 saturated heterocycles. The zero-order chi connectivity index (χ0) is 14.4. The van der Waals surface area contributed by atoms with Crippen molar-refractivity contribution in [3.05, 3.63) is 65.9 Å². The summed E-state index contributed by atoms with van der Waals surface area (Å²) in [5.74, 6) is 0. The number of hydrogen-bond donors (Lipinski definition) is 1. The maximum absolute atomic E-state index is 8.64. The molecule has 3 nitrogen and oxygen atoms in total. The number of nitrogens with one attached hydrogen (secondary N) is 1. The lowest BCUT2D eigenvalue weighted by molar-refractivity contribution is 1.44. The third-order valence-electron chi connectivity index (χ3n) is 2.89. The number of nitriles is 2. The van der Waals surface area contributed by atoms with Crippen molar-refractivity contribution >= 4 is 5.69 Å². The molecule has 20 heavy (non-hydrogen) atoms. The van der Waals surface area contributed by atoms with E-state index in [2.05, 4.69) is 36.5 Å². The molecule has 0 spiro atoms.